The fourth-order valence-electron chi connectivity index (χ4n) is 1.94. The summed E-state index contributed by atoms with van der Waals surface area (Å²) in [6.07, 6.45) is -0.771. The van der Waals surface area contributed by atoms with Crippen molar-refractivity contribution in [2.24, 2.45) is 0 Å². The van der Waals surface area contributed by atoms with E-state index in [9.17, 15) is 13.6 Å². The molecule has 1 heterocycles. The minimum Gasteiger partial charge on any atom is -0.483 e. The van der Waals surface area contributed by atoms with Crippen LogP contribution in [0.2, 0.25) is 5.02 Å². The van der Waals surface area contributed by atoms with Gasteiger partial charge >= 0.3 is 0 Å². The van der Waals surface area contributed by atoms with Gasteiger partial charge in [-0.25, -0.2) is 8.78 Å². The van der Waals surface area contributed by atoms with Crippen LogP contribution >= 0.6 is 39.3 Å². The van der Waals surface area contributed by atoms with Crippen LogP contribution < -0.4 is 10.3 Å². The van der Waals surface area contributed by atoms with Crippen LogP contribution in [0.15, 0.2) is 33.5 Å². The van der Waals surface area contributed by atoms with Crippen molar-refractivity contribution < 1.29 is 46.2 Å². The smallest absolute Gasteiger partial charge is 0.256 e. The largest absolute Gasteiger partial charge is 0.483 e. The Balaban J connectivity index is 0.00000288. The first-order chi connectivity index (χ1) is 10.9. The van der Waals surface area contributed by atoms with Crippen molar-refractivity contribution in [2.75, 3.05) is 12.2 Å². The van der Waals surface area contributed by atoms with Gasteiger partial charge < -0.3 is 9.30 Å². The van der Waals surface area contributed by atoms with Crippen LogP contribution in [0.3, 0.4) is 0 Å². The second-order valence-electron chi connectivity index (χ2n) is 4.48. The fraction of sp³-hybridized carbons (Fsp3) is 0.267. The number of hydrogen-bond acceptors (Lipinski definition) is 3. The van der Waals surface area contributed by atoms with Gasteiger partial charge in [0.2, 0.25) is 5.56 Å². The monoisotopic (exact) mass is 511 g/mol. The normalized spacial score (nSPS) is 10.6. The molecule has 24 heavy (non-hydrogen) atoms. The molecule has 1 radical (unpaired) electrons. The van der Waals surface area contributed by atoms with E-state index in [0.29, 0.717) is 22.3 Å². The van der Waals surface area contributed by atoms with Crippen LogP contribution in [0, 0.1) is 6.07 Å². The number of pyridine rings is 1. The number of rotatable bonds is 6. The van der Waals surface area contributed by atoms with E-state index in [2.05, 4.69) is 22.0 Å². The van der Waals surface area contributed by atoms with E-state index >= 15 is 0 Å². The molecule has 0 N–H and O–H groups in total. The zero-order chi connectivity index (χ0) is 17.0. The Morgan fingerprint density at radius 3 is 2.75 bits per heavy atom. The van der Waals surface area contributed by atoms with E-state index in [-0.39, 0.29) is 42.9 Å². The molecule has 2 aromatic rings. The minimum absolute atomic E-state index is 0. The SMILES string of the molecule is CSCOc1ccc(-c2[c-]cc(Br)c(=O)n2CC(F)F)c(Cl)c1.[Y]. The quantitative estimate of drug-likeness (QED) is 0.416. The minimum atomic E-state index is -2.67. The van der Waals surface area contributed by atoms with Crippen LogP contribution in [0.1, 0.15) is 0 Å². The van der Waals surface area contributed by atoms with Gasteiger partial charge in [0, 0.05) is 32.7 Å². The fourth-order valence-corrected chi connectivity index (χ4v) is 2.78. The molecule has 0 aliphatic heterocycles. The van der Waals surface area contributed by atoms with Crippen LogP contribution in [-0.4, -0.2) is 23.2 Å². The van der Waals surface area contributed by atoms with E-state index in [1.54, 1.807) is 18.2 Å². The summed E-state index contributed by atoms with van der Waals surface area (Å²) in [4.78, 5) is 12.1. The van der Waals surface area contributed by atoms with Crippen molar-refractivity contribution in [3.63, 3.8) is 0 Å². The molecule has 0 aliphatic rings. The molecule has 0 saturated carbocycles. The summed E-state index contributed by atoms with van der Waals surface area (Å²) in [5.74, 6) is 1.03. The molecule has 127 valence electrons. The third-order valence-corrected chi connectivity index (χ3v) is 4.15. The third-order valence-electron chi connectivity index (χ3n) is 2.91. The van der Waals surface area contributed by atoms with Gasteiger partial charge in [-0.1, -0.05) is 22.9 Å². The van der Waals surface area contributed by atoms with Gasteiger partial charge in [0.05, 0.1) is 6.54 Å². The predicted octanol–water partition coefficient (Wildman–Crippen LogP) is 4.69. The zero-order valence-electron chi connectivity index (χ0n) is 12.6. The standard InChI is InChI=1S/C15H12BrClF2NO2S.Y/c1-23-8-22-9-2-3-10(12(17)6-9)13-5-4-11(16)15(21)20(13)7-14(18)19;/h2-4,6,14H,7-8H2,1H3;/q-1;. The molecule has 0 spiro atoms. The first-order valence-corrected chi connectivity index (χ1v) is 9.01. The molecule has 0 saturated heterocycles. The summed E-state index contributed by atoms with van der Waals surface area (Å²) in [5, 5.41) is 0.296. The number of halogens is 4. The van der Waals surface area contributed by atoms with Crippen molar-refractivity contribution in [1.29, 1.82) is 0 Å². The van der Waals surface area contributed by atoms with Gasteiger partial charge in [0.15, 0.2) is 0 Å². The second-order valence-corrected chi connectivity index (χ2v) is 6.56. The average molecular weight is 513 g/mol. The maximum absolute atomic E-state index is 12.8. The molecule has 1 aromatic heterocycles. The van der Waals surface area contributed by atoms with E-state index in [0.717, 1.165) is 4.57 Å². The summed E-state index contributed by atoms with van der Waals surface area (Å²) in [5.41, 5.74) is 0.0890. The van der Waals surface area contributed by atoms with Crippen molar-refractivity contribution in [2.45, 2.75) is 13.0 Å². The molecular weight excluding hydrogens is 500 g/mol. The first-order valence-electron chi connectivity index (χ1n) is 6.45. The Labute approximate surface area is 181 Å². The van der Waals surface area contributed by atoms with Gasteiger partial charge in [-0.05, 0) is 27.9 Å². The van der Waals surface area contributed by atoms with E-state index in [4.69, 9.17) is 16.3 Å². The van der Waals surface area contributed by atoms with Crippen molar-refractivity contribution >= 4 is 39.3 Å². The average Bonchev–Trinajstić information content (AvgIpc) is 2.50. The number of benzene rings is 1. The first kappa shape index (κ1) is 22.1. The summed E-state index contributed by atoms with van der Waals surface area (Å²) in [6, 6.07) is 9.10. The van der Waals surface area contributed by atoms with Crippen LogP contribution in [0.4, 0.5) is 8.78 Å². The Morgan fingerprint density at radius 1 is 1.46 bits per heavy atom. The molecule has 9 heteroatoms. The molecule has 2 rings (SSSR count). The number of alkyl halides is 2. The zero-order valence-corrected chi connectivity index (χ0v) is 18.6. The number of nitrogens with zero attached hydrogens (tertiary/aromatic N) is 1. The Hall–Kier alpha value is 0.0539. The maximum atomic E-state index is 12.8. The number of hydrogen-bond donors (Lipinski definition) is 0. The number of ether oxygens (including phenoxy) is 1. The van der Waals surface area contributed by atoms with E-state index < -0.39 is 18.5 Å². The van der Waals surface area contributed by atoms with Gasteiger partial charge in [-0.3, -0.25) is 4.79 Å². The molecule has 1 aromatic carbocycles. The molecular formula is C15H12BrClF2NO2SY-. The molecule has 0 unspecified atom stereocenters. The molecule has 0 aliphatic carbocycles. The molecule has 0 amide bonds. The summed E-state index contributed by atoms with van der Waals surface area (Å²) < 4.78 is 32.1. The maximum Gasteiger partial charge on any atom is 0.256 e. The predicted molar refractivity (Wildman–Crippen MR) is 92.7 cm³/mol. The number of aromatic nitrogens is 1. The second kappa shape index (κ2) is 10.3. The molecule has 0 bridgehead atoms. The van der Waals surface area contributed by atoms with Crippen LogP contribution in [-0.2, 0) is 39.3 Å². The van der Waals surface area contributed by atoms with Crippen molar-refractivity contribution in [3.05, 3.63) is 50.2 Å². The Morgan fingerprint density at radius 2 is 2.17 bits per heavy atom. The van der Waals surface area contributed by atoms with E-state index in [1.165, 1.54) is 17.8 Å². The van der Waals surface area contributed by atoms with E-state index in [1.807, 2.05) is 6.26 Å². The van der Waals surface area contributed by atoms with Gasteiger partial charge in [-0.2, -0.15) is 12.1 Å². The van der Waals surface area contributed by atoms with Gasteiger partial charge in [0.25, 0.3) is 6.43 Å². The molecule has 0 atom stereocenters. The molecule has 0 fully saturated rings. The van der Waals surface area contributed by atoms with Crippen molar-refractivity contribution in [3.8, 4) is 17.0 Å². The summed E-state index contributed by atoms with van der Waals surface area (Å²) >= 11 is 10.8. The summed E-state index contributed by atoms with van der Waals surface area (Å²) in [7, 11) is 0. The molecule has 3 nitrogen and oxygen atoms in total. The number of thioether (sulfide) groups is 1. The van der Waals surface area contributed by atoms with Crippen LogP contribution in [0.25, 0.3) is 11.3 Å². The topological polar surface area (TPSA) is 31.2 Å². The van der Waals surface area contributed by atoms with Gasteiger partial charge in [-0.15, -0.1) is 33.8 Å². The third kappa shape index (κ3) is 5.53. The Bertz CT molecular complexity index is 761. The van der Waals surface area contributed by atoms with Crippen molar-refractivity contribution in [1.82, 2.24) is 4.57 Å². The summed E-state index contributed by atoms with van der Waals surface area (Å²) in [6.45, 7) is -0.731. The van der Waals surface area contributed by atoms with Gasteiger partial charge in [0.1, 0.15) is 11.7 Å². The van der Waals surface area contributed by atoms with Crippen LogP contribution in [0.5, 0.6) is 5.75 Å². The Kier molecular flexibility index (Phi) is 9.45.